The van der Waals surface area contributed by atoms with E-state index in [1.807, 2.05) is 16.0 Å². The van der Waals surface area contributed by atoms with Crippen LogP contribution in [0.3, 0.4) is 0 Å². The maximum atomic E-state index is 6.05. The summed E-state index contributed by atoms with van der Waals surface area (Å²) in [5.41, 5.74) is 1.48. The van der Waals surface area contributed by atoms with E-state index in [4.69, 9.17) is 39.6 Å². The molecular formula is C13H8Cl3N3OS. The van der Waals surface area contributed by atoms with Crippen molar-refractivity contribution in [2.75, 3.05) is 0 Å². The Balaban J connectivity index is 1.70. The van der Waals surface area contributed by atoms with Crippen LogP contribution >= 0.6 is 46.1 Å². The first kappa shape index (κ1) is 14.7. The topological polar surface area (TPSA) is 38.9 Å². The van der Waals surface area contributed by atoms with Gasteiger partial charge in [0.2, 0.25) is 0 Å². The zero-order chi connectivity index (χ0) is 14.8. The number of fused-ring (bicyclic) bond motifs is 1. The summed E-state index contributed by atoms with van der Waals surface area (Å²) < 4.78 is 1.84. The van der Waals surface area contributed by atoms with Crippen molar-refractivity contribution in [2.24, 2.45) is 5.16 Å². The lowest BCUT2D eigenvalue weighted by Crippen LogP contribution is -1.92. The highest BCUT2D eigenvalue weighted by Crippen LogP contribution is 2.22. The average molecular weight is 361 g/mol. The number of benzene rings is 1. The highest BCUT2D eigenvalue weighted by Gasteiger charge is 2.09. The number of aromatic nitrogens is 2. The van der Waals surface area contributed by atoms with Crippen LogP contribution in [0.25, 0.3) is 4.96 Å². The monoisotopic (exact) mass is 359 g/mol. The predicted molar refractivity (Wildman–Crippen MR) is 86.9 cm³/mol. The summed E-state index contributed by atoms with van der Waals surface area (Å²) in [6, 6.07) is 5.20. The molecule has 0 radical (unpaired) electrons. The zero-order valence-electron chi connectivity index (χ0n) is 10.5. The molecular weight excluding hydrogens is 353 g/mol. The van der Waals surface area contributed by atoms with Gasteiger partial charge < -0.3 is 4.84 Å². The molecule has 2 heterocycles. The van der Waals surface area contributed by atoms with E-state index in [1.165, 1.54) is 17.6 Å². The normalized spacial score (nSPS) is 11.6. The van der Waals surface area contributed by atoms with Gasteiger partial charge >= 0.3 is 0 Å². The molecule has 0 spiro atoms. The van der Waals surface area contributed by atoms with Gasteiger partial charge in [0.25, 0.3) is 0 Å². The number of halogens is 3. The Morgan fingerprint density at radius 3 is 3.00 bits per heavy atom. The molecule has 0 aliphatic carbocycles. The summed E-state index contributed by atoms with van der Waals surface area (Å²) in [5.74, 6) is 0. The molecule has 8 heteroatoms. The van der Waals surface area contributed by atoms with E-state index in [1.54, 1.807) is 18.2 Å². The van der Waals surface area contributed by atoms with Crippen LogP contribution in [-0.4, -0.2) is 15.6 Å². The number of rotatable bonds is 4. The molecule has 1 aromatic carbocycles. The Morgan fingerprint density at radius 1 is 1.33 bits per heavy atom. The SMILES string of the molecule is Clc1ccc(CO/N=C\c2c(Cl)nc3sccn23)c(Cl)c1. The van der Waals surface area contributed by atoms with Crippen molar-refractivity contribution in [1.29, 1.82) is 0 Å². The van der Waals surface area contributed by atoms with Crippen LogP contribution in [0.1, 0.15) is 11.3 Å². The predicted octanol–water partition coefficient (Wildman–Crippen LogP) is 4.91. The third kappa shape index (κ3) is 3.16. The lowest BCUT2D eigenvalue weighted by atomic mass is 10.2. The van der Waals surface area contributed by atoms with Gasteiger partial charge in [0, 0.05) is 27.2 Å². The van der Waals surface area contributed by atoms with Crippen molar-refractivity contribution in [1.82, 2.24) is 9.38 Å². The highest BCUT2D eigenvalue weighted by molar-refractivity contribution is 7.15. The van der Waals surface area contributed by atoms with E-state index in [9.17, 15) is 0 Å². The molecule has 0 aliphatic rings. The summed E-state index contributed by atoms with van der Waals surface area (Å²) >= 11 is 19.4. The van der Waals surface area contributed by atoms with Crippen LogP contribution in [0.5, 0.6) is 0 Å². The molecule has 0 unspecified atom stereocenters. The van der Waals surface area contributed by atoms with Gasteiger partial charge in [0.05, 0.1) is 6.21 Å². The summed E-state index contributed by atoms with van der Waals surface area (Å²) in [5, 5.41) is 7.34. The fourth-order valence-electron chi connectivity index (χ4n) is 1.73. The molecule has 4 nitrogen and oxygen atoms in total. The second-order valence-corrected chi connectivity index (χ2v) is 6.16. The molecule has 0 bridgehead atoms. The van der Waals surface area contributed by atoms with Gasteiger partial charge in [0.15, 0.2) is 10.1 Å². The lowest BCUT2D eigenvalue weighted by molar-refractivity contribution is 0.132. The minimum absolute atomic E-state index is 0.246. The maximum Gasteiger partial charge on any atom is 0.195 e. The smallest absolute Gasteiger partial charge is 0.195 e. The third-order valence-electron chi connectivity index (χ3n) is 2.74. The number of oxime groups is 1. The van der Waals surface area contributed by atoms with Crippen LogP contribution in [0.2, 0.25) is 15.2 Å². The Kier molecular flexibility index (Phi) is 4.35. The Bertz CT molecular complexity index is 812. The van der Waals surface area contributed by atoms with Crippen molar-refractivity contribution in [3.8, 4) is 0 Å². The summed E-state index contributed by atoms with van der Waals surface area (Å²) in [6.45, 7) is 0.246. The van der Waals surface area contributed by atoms with Gasteiger partial charge in [-0.05, 0) is 12.1 Å². The fraction of sp³-hybridized carbons (Fsp3) is 0.0769. The summed E-state index contributed by atoms with van der Waals surface area (Å²) in [7, 11) is 0. The molecule has 0 fully saturated rings. The largest absolute Gasteiger partial charge is 0.391 e. The average Bonchev–Trinajstić information content (AvgIpc) is 2.98. The number of imidazole rings is 1. The van der Waals surface area contributed by atoms with Crippen molar-refractivity contribution in [3.05, 3.63) is 56.2 Å². The van der Waals surface area contributed by atoms with Gasteiger partial charge in [-0.3, -0.25) is 4.40 Å². The molecule has 0 aliphatic heterocycles. The third-order valence-corrected chi connectivity index (χ3v) is 4.36. The van der Waals surface area contributed by atoms with Crippen LogP contribution < -0.4 is 0 Å². The Hall–Kier alpha value is -1.27. The quantitative estimate of drug-likeness (QED) is 0.490. The number of hydrogen-bond acceptors (Lipinski definition) is 4. The molecule has 0 saturated carbocycles. The van der Waals surface area contributed by atoms with Crippen LogP contribution in [0.4, 0.5) is 0 Å². The second kappa shape index (κ2) is 6.23. The van der Waals surface area contributed by atoms with Gasteiger partial charge in [-0.2, -0.15) is 0 Å². The van der Waals surface area contributed by atoms with Crippen molar-refractivity contribution in [3.63, 3.8) is 0 Å². The molecule has 108 valence electrons. The second-order valence-electron chi connectivity index (χ2n) is 4.09. The molecule has 3 rings (SSSR count). The molecule has 2 aromatic heterocycles. The van der Waals surface area contributed by atoms with Gasteiger partial charge in [0.1, 0.15) is 12.3 Å². The maximum absolute atomic E-state index is 6.05. The van der Waals surface area contributed by atoms with Crippen LogP contribution in [0.15, 0.2) is 34.9 Å². The minimum atomic E-state index is 0.246. The van der Waals surface area contributed by atoms with Gasteiger partial charge in [-0.1, -0.05) is 46.0 Å². The minimum Gasteiger partial charge on any atom is -0.391 e. The van der Waals surface area contributed by atoms with E-state index in [2.05, 4.69) is 10.1 Å². The van der Waals surface area contributed by atoms with Crippen LogP contribution in [-0.2, 0) is 11.4 Å². The zero-order valence-corrected chi connectivity index (χ0v) is 13.5. The molecule has 3 aromatic rings. The lowest BCUT2D eigenvalue weighted by Gasteiger charge is -2.02. The standard InChI is InChI=1S/C13H8Cl3N3OS/c14-9-2-1-8(10(15)5-9)7-20-17-6-11-12(16)18-13-19(11)3-4-21-13/h1-6H,7H2/b17-6-. The number of thiazole rings is 1. The van der Waals surface area contributed by atoms with E-state index in [0.717, 1.165) is 10.5 Å². The van der Waals surface area contributed by atoms with E-state index < -0.39 is 0 Å². The van der Waals surface area contributed by atoms with Gasteiger partial charge in [-0.15, -0.1) is 11.3 Å². The van der Waals surface area contributed by atoms with Crippen molar-refractivity contribution < 1.29 is 4.84 Å². The molecule has 0 amide bonds. The first-order valence-electron chi connectivity index (χ1n) is 5.85. The highest BCUT2D eigenvalue weighted by atomic mass is 35.5. The number of nitrogens with zero attached hydrogens (tertiary/aromatic N) is 3. The van der Waals surface area contributed by atoms with Crippen molar-refractivity contribution >= 4 is 57.3 Å². The van der Waals surface area contributed by atoms with Crippen LogP contribution in [0, 0.1) is 0 Å². The fourth-order valence-corrected chi connectivity index (χ4v) is 3.18. The summed E-state index contributed by atoms with van der Waals surface area (Å²) in [6.07, 6.45) is 3.40. The molecule has 0 saturated heterocycles. The Labute approximate surface area is 139 Å². The van der Waals surface area contributed by atoms with E-state index in [-0.39, 0.29) is 6.61 Å². The van der Waals surface area contributed by atoms with E-state index >= 15 is 0 Å². The van der Waals surface area contributed by atoms with Crippen molar-refractivity contribution in [2.45, 2.75) is 6.61 Å². The Morgan fingerprint density at radius 2 is 2.19 bits per heavy atom. The van der Waals surface area contributed by atoms with Gasteiger partial charge in [-0.25, -0.2) is 4.98 Å². The number of hydrogen-bond donors (Lipinski definition) is 0. The first-order chi connectivity index (χ1) is 10.1. The van der Waals surface area contributed by atoms with E-state index in [0.29, 0.717) is 20.9 Å². The molecule has 0 atom stereocenters. The molecule has 21 heavy (non-hydrogen) atoms. The molecule has 0 N–H and O–H groups in total. The first-order valence-corrected chi connectivity index (χ1v) is 7.87. The summed E-state index contributed by atoms with van der Waals surface area (Å²) in [4.78, 5) is 10.2.